The Kier molecular flexibility index (Phi) is 11.2. The fourth-order valence-electron chi connectivity index (χ4n) is 0. The molecule has 0 N–H and O–H groups in total. The molecule has 11 heavy (non-hydrogen) atoms. The van der Waals surface area contributed by atoms with E-state index in [0.29, 0.717) is 0 Å². The van der Waals surface area contributed by atoms with E-state index in [1.807, 2.05) is 0 Å². The van der Waals surface area contributed by atoms with Crippen molar-refractivity contribution in [2.24, 2.45) is 0 Å². The Bertz CT molecular complexity index is 208. The van der Waals surface area contributed by atoms with E-state index < -0.39 is 33.5 Å². The average molecular weight is 674 g/mol. The van der Waals surface area contributed by atoms with Gasteiger partial charge in [0.15, 0.2) is 0 Å². The summed E-state index contributed by atoms with van der Waals surface area (Å²) in [4.78, 5) is 0. The van der Waals surface area contributed by atoms with Gasteiger partial charge in [0.1, 0.15) is 0 Å². The van der Waals surface area contributed by atoms with Crippen LogP contribution in [0.4, 0.5) is 0 Å². The summed E-state index contributed by atoms with van der Waals surface area (Å²) in [5, 5.41) is 0. The second kappa shape index (κ2) is 6.77. The molecule has 0 atom stereocenters. The van der Waals surface area contributed by atoms with Crippen molar-refractivity contribution >= 4 is 0 Å². The van der Waals surface area contributed by atoms with E-state index in [9.17, 15) is 0 Å². The molecule has 0 aliphatic rings. The Morgan fingerprint density at radius 2 is 0.636 bits per heavy atom. The third-order valence-electron chi connectivity index (χ3n) is 0. The quantitative estimate of drug-likeness (QED) is 0.231. The summed E-state index contributed by atoms with van der Waals surface area (Å²) in [6.45, 7) is 0. The predicted octanol–water partition coefficient (Wildman–Crippen LogP) is -5.24. The van der Waals surface area contributed by atoms with E-state index >= 15 is 0 Å². The van der Waals surface area contributed by atoms with Gasteiger partial charge in [-0.25, -0.2) is 0 Å². The molecule has 0 aromatic rings. The van der Waals surface area contributed by atoms with E-state index in [-0.39, 0.29) is 25.8 Å². The van der Waals surface area contributed by atoms with Crippen LogP contribution in [0.25, 0.3) is 0 Å². The summed E-state index contributed by atoms with van der Waals surface area (Å²) in [5.41, 5.74) is 0. The third-order valence-corrected chi connectivity index (χ3v) is 0. The van der Waals surface area contributed by atoms with Crippen LogP contribution < -0.4 is 15.0 Å². The van der Waals surface area contributed by atoms with Crippen LogP contribution in [0.2, 0.25) is 0 Å². The zero-order valence-electron chi connectivity index (χ0n) is 4.58. The molecule has 0 aromatic heterocycles. The molecular weight excluding hydrogens is 674 g/mol. The first kappa shape index (κ1) is 18.1. The summed E-state index contributed by atoms with van der Waals surface area (Å²) in [7, 11) is 0. The van der Waals surface area contributed by atoms with Crippen LogP contribution >= 0.6 is 0 Å². The van der Waals surface area contributed by atoms with Crippen LogP contribution in [0, 0.1) is 0 Å². The van der Waals surface area contributed by atoms with Gasteiger partial charge in [0.25, 0.3) is 0 Å². The average Bonchev–Trinajstić information content (AvgIpc) is 1.12. The molecule has 0 saturated heterocycles. The van der Waals surface area contributed by atoms with Crippen LogP contribution in [0.3, 0.4) is 0 Å². The van der Waals surface area contributed by atoms with E-state index in [0.717, 1.165) is 0 Å². The van der Waals surface area contributed by atoms with Crippen molar-refractivity contribution in [3.05, 3.63) is 0 Å². The predicted molar refractivity (Wildman–Crippen MR) is 2.75 cm³/mol. The Morgan fingerprint density at radius 1 is 0.636 bits per heavy atom. The van der Waals surface area contributed by atoms with Gasteiger partial charge in [-0.1, -0.05) is 0 Å². The maximum atomic E-state index is 8.65. The van der Waals surface area contributed by atoms with Crippen molar-refractivity contribution in [3.63, 3.8) is 0 Å². The zero-order chi connectivity index (χ0) is 9.00. The van der Waals surface area contributed by atoms with Gasteiger partial charge >= 0.3 is 88.0 Å². The Morgan fingerprint density at radius 3 is 0.636 bits per heavy atom. The summed E-state index contributed by atoms with van der Waals surface area (Å²) >= 11 is -12.3. The Balaban J connectivity index is -0.000000107. The van der Waals surface area contributed by atoms with Crippen LogP contribution in [-0.4, -0.2) is 0 Å². The molecule has 0 radical (unpaired) electrons. The first-order chi connectivity index (χ1) is 4.00. The summed E-state index contributed by atoms with van der Waals surface area (Å²) in [5.74, 6) is 0. The number of hydrogen-bond donors (Lipinski definition) is 0. The molecule has 0 aliphatic carbocycles. The molecule has 11 heteroatoms. The van der Waals surface area contributed by atoms with Gasteiger partial charge in [-0.2, -0.15) is 0 Å². The van der Waals surface area contributed by atoms with Gasteiger partial charge in [0.2, 0.25) is 0 Å². The molecule has 0 heterocycles. The van der Waals surface area contributed by atoms with Gasteiger partial charge in [-0.3, -0.25) is 0 Å². The molecule has 0 amide bonds. The Labute approximate surface area is 87.1 Å². The SMILES string of the molecule is [Hf+4].[O]=[W](=[O])([O-])[O-].[O]=[W](=[O])([O-])[O-]. The van der Waals surface area contributed by atoms with Crippen LogP contribution in [0.5, 0.6) is 0 Å². The molecule has 0 rings (SSSR count). The molecule has 0 aromatic carbocycles. The molecule has 0 bridgehead atoms. The minimum atomic E-state index is -6.17. The van der Waals surface area contributed by atoms with Gasteiger partial charge in [-0.05, 0) is 0 Å². The van der Waals surface area contributed by atoms with Crippen molar-refractivity contribution in [1.29, 1.82) is 0 Å². The zero-order valence-corrected chi connectivity index (χ0v) is 14.0. The molecule has 8 nitrogen and oxygen atoms in total. The van der Waals surface area contributed by atoms with Crippen molar-refractivity contribution in [1.82, 2.24) is 0 Å². The fourth-order valence-corrected chi connectivity index (χ4v) is 0. The standard InChI is InChI=1S/Hf.8O.2W/q+4;;;;;4*-1;;. The van der Waals surface area contributed by atoms with Crippen LogP contribution in [0.15, 0.2) is 0 Å². The van der Waals surface area contributed by atoms with Crippen LogP contribution in [0.1, 0.15) is 0 Å². The molecule has 0 fully saturated rings. The first-order valence-corrected chi connectivity index (χ1v) is 10.9. The summed E-state index contributed by atoms with van der Waals surface area (Å²) in [6, 6.07) is 0. The molecule has 0 aliphatic heterocycles. The van der Waals surface area contributed by atoms with Gasteiger partial charge in [0, 0.05) is 0 Å². The minimum absolute atomic E-state index is 0. The van der Waals surface area contributed by atoms with Crippen LogP contribution in [-0.2, 0) is 72.9 Å². The first-order valence-electron chi connectivity index (χ1n) is 1.33. The normalized spacial score (nSPS) is 10.5. The fraction of sp³-hybridized carbons (Fsp3) is 0. The third kappa shape index (κ3) is 588. The second-order valence-corrected chi connectivity index (χ2v) is 6.68. The van der Waals surface area contributed by atoms with Gasteiger partial charge in [-0.15, -0.1) is 0 Å². The molecule has 0 unspecified atom stereocenters. The molecule has 0 saturated carbocycles. The van der Waals surface area contributed by atoms with E-state index in [4.69, 9.17) is 28.6 Å². The van der Waals surface area contributed by atoms with E-state index in [1.165, 1.54) is 0 Å². The van der Waals surface area contributed by atoms with E-state index in [2.05, 4.69) is 0 Å². The molecular formula is HfO8W2. The van der Waals surface area contributed by atoms with E-state index in [1.54, 1.807) is 0 Å². The maximum absolute atomic E-state index is 8.65. The summed E-state index contributed by atoms with van der Waals surface area (Å²) in [6.07, 6.45) is 0. The van der Waals surface area contributed by atoms with Crippen molar-refractivity contribution in [2.45, 2.75) is 0 Å². The number of rotatable bonds is 0. The van der Waals surface area contributed by atoms with Crippen molar-refractivity contribution in [2.75, 3.05) is 0 Å². The summed E-state index contributed by atoms with van der Waals surface area (Å²) < 4.78 is 69.2. The monoisotopic (exact) mass is 676 g/mol. The molecule has 0 spiro atoms. The van der Waals surface area contributed by atoms with Crippen molar-refractivity contribution < 1.29 is 88.0 Å². The van der Waals surface area contributed by atoms with Crippen molar-refractivity contribution in [3.8, 4) is 0 Å². The van der Waals surface area contributed by atoms with Gasteiger partial charge in [0.05, 0.1) is 0 Å². The molecule has 64 valence electrons. The van der Waals surface area contributed by atoms with Gasteiger partial charge < -0.3 is 0 Å². The second-order valence-electron chi connectivity index (χ2n) is 0.816. The number of hydrogen-bond acceptors (Lipinski definition) is 8. The topological polar surface area (TPSA) is 161 Å². The Hall–Kier alpha value is 1.29.